The first kappa shape index (κ1) is 11.5. The highest BCUT2D eigenvalue weighted by Crippen LogP contribution is 2.57. The van der Waals surface area contributed by atoms with Gasteiger partial charge < -0.3 is 4.74 Å². The van der Waals surface area contributed by atoms with Gasteiger partial charge in [-0.1, -0.05) is 12.8 Å². The second-order valence-corrected chi connectivity index (χ2v) is 6.25. The Morgan fingerprint density at radius 1 is 1.11 bits per heavy atom. The highest BCUT2D eigenvalue weighted by atomic mass is 16.5. The van der Waals surface area contributed by atoms with Crippen LogP contribution in [0.15, 0.2) is 12.2 Å². The van der Waals surface area contributed by atoms with Gasteiger partial charge in [0.25, 0.3) is 0 Å². The lowest BCUT2D eigenvalue weighted by atomic mass is 9.63. The summed E-state index contributed by atoms with van der Waals surface area (Å²) in [5.74, 6) is -0.936. The zero-order valence-corrected chi connectivity index (χ0v) is 10.6. The minimum atomic E-state index is -0.666. The Kier molecular flexibility index (Phi) is 2.20. The van der Waals surface area contributed by atoms with Crippen molar-refractivity contribution in [3.05, 3.63) is 12.2 Å². The van der Waals surface area contributed by atoms with Gasteiger partial charge in [-0.2, -0.15) is 0 Å². The molecule has 3 fully saturated rings. The van der Waals surface area contributed by atoms with Gasteiger partial charge in [-0.3, -0.25) is 14.4 Å². The molecule has 2 saturated heterocycles. The molecule has 0 radical (unpaired) electrons. The summed E-state index contributed by atoms with van der Waals surface area (Å²) in [6.45, 7) is 0. The molecule has 2 bridgehead atoms. The third-order valence-corrected chi connectivity index (χ3v) is 5.43. The van der Waals surface area contributed by atoms with Crippen molar-refractivity contribution >= 4 is 17.3 Å². The Hall–Kier alpha value is -1.29. The largest absolute Gasteiger partial charge is 0.362 e. The van der Waals surface area contributed by atoms with Crippen molar-refractivity contribution in [1.29, 1.82) is 0 Å². The predicted molar refractivity (Wildman–Crippen MR) is 65.3 cm³/mol. The van der Waals surface area contributed by atoms with Crippen LogP contribution in [0.3, 0.4) is 0 Å². The normalized spacial score (nSPS) is 48.1. The second-order valence-electron chi connectivity index (χ2n) is 6.25. The number of fused-ring (bicyclic) bond motifs is 3. The molecule has 2 heterocycles. The highest BCUT2D eigenvalue weighted by molar-refractivity contribution is 6.11. The maximum Gasteiger partial charge on any atom is 0.162 e. The summed E-state index contributed by atoms with van der Waals surface area (Å²) in [4.78, 5) is 36.6. The molecule has 2 aliphatic heterocycles. The molecular formula is C15H16O4. The first-order chi connectivity index (χ1) is 9.13. The van der Waals surface area contributed by atoms with Crippen molar-refractivity contribution in [2.75, 3.05) is 0 Å². The maximum atomic E-state index is 12.3. The van der Waals surface area contributed by atoms with Gasteiger partial charge >= 0.3 is 0 Å². The van der Waals surface area contributed by atoms with Crippen molar-refractivity contribution in [3.63, 3.8) is 0 Å². The van der Waals surface area contributed by atoms with E-state index < -0.39 is 23.5 Å². The fourth-order valence-electron chi connectivity index (χ4n) is 4.68. The van der Waals surface area contributed by atoms with E-state index in [0.29, 0.717) is 6.42 Å². The smallest absolute Gasteiger partial charge is 0.162 e. The van der Waals surface area contributed by atoms with Gasteiger partial charge in [0.15, 0.2) is 17.3 Å². The van der Waals surface area contributed by atoms with Crippen LogP contribution in [0, 0.1) is 17.8 Å². The maximum absolute atomic E-state index is 12.3. The average Bonchev–Trinajstić information content (AvgIpc) is 2.69. The molecular weight excluding hydrogens is 244 g/mol. The lowest BCUT2D eigenvalue weighted by Crippen LogP contribution is -2.52. The summed E-state index contributed by atoms with van der Waals surface area (Å²) in [5.41, 5.74) is -0.529. The van der Waals surface area contributed by atoms with E-state index in [0.717, 1.165) is 25.7 Å². The van der Waals surface area contributed by atoms with E-state index in [9.17, 15) is 14.4 Å². The van der Waals surface area contributed by atoms with E-state index in [1.807, 2.05) is 0 Å². The molecule has 0 N–H and O–H groups in total. The van der Waals surface area contributed by atoms with Crippen LogP contribution < -0.4 is 0 Å². The zero-order valence-electron chi connectivity index (χ0n) is 10.6. The van der Waals surface area contributed by atoms with Crippen LogP contribution in [-0.2, 0) is 19.1 Å². The van der Waals surface area contributed by atoms with E-state index >= 15 is 0 Å². The number of ketones is 3. The van der Waals surface area contributed by atoms with Crippen molar-refractivity contribution in [2.24, 2.45) is 17.8 Å². The lowest BCUT2D eigenvalue weighted by molar-refractivity contribution is -0.171. The number of hydrogen-bond acceptors (Lipinski definition) is 4. The summed E-state index contributed by atoms with van der Waals surface area (Å²) >= 11 is 0. The first-order valence-corrected chi connectivity index (χ1v) is 7.10. The average molecular weight is 260 g/mol. The number of carbonyl (C=O) groups excluding carboxylic acids is 3. The van der Waals surface area contributed by atoms with Crippen LogP contribution in [-0.4, -0.2) is 29.1 Å². The molecule has 1 saturated carbocycles. The van der Waals surface area contributed by atoms with E-state index in [1.54, 1.807) is 0 Å². The second kappa shape index (κ2) is 3.63. The van der Waals surface area contributed by atoms with Gasteiger partial charge in [-0.25, -0.2) is 0 Å². The molecule has 1 spiro atoms. The van der Waals surface area contributed by atoms with Gasteiger partial charge in [-0.05, 0) is 30.9 Å². The molecule has 0 aromatic carbocycles. The zero-order chi connectivity index (χ0) is 13.2. The Morgan fingerprint density at radius 2 is 1.89 bits per heavy atom. The number of ether oxygens (including phenoxy) is 1. The van der Waals surface area contributed by atoms with Gasteiger partial charge in [0, 0.05) is 6.42 Å². The third kappa shape index (κ3) is 1.30. The molecule has 4 rings (SSSR count). The summed E-state index contributed by atoms with van der Waals surface area (Å²) in [5, 5.41) is 0. The highest BCUT2D eigenvalue weighted by Gasteiger charge is 2.67. The molecule has 4 heteroatoms. The lowest BCUT2D eigenvalue weighted by Gasteiger charge is -2.46. The van der Waals surface area contributed by atoms with E-state index in [-0.39, 0.29) is 23.3 Å². The molecule has 4 aliphatic rings. The van der Waals surface area contributed by atoms with Gasteiger partial charge in [0.2, 0.25) is 0 Å². The molecule has 0 aromatic heterocycles. The fourth-order valence-corrected chi connectivity index (χ4v) is 4.68. The van der Waals surface area contributed by atoms with Gasteiger partial charge in [0.1, 0.15) is 6.10 Å². The van der Waals surface area contributed by atoms with Crippen LogP contribution in [0.1, 0.15) is 32.1 Å². The summed E-state index contributed by atoms with van der Waals surface area (Å²) in [6.07, 6.45) is 6.39. The monoisotopic (exact) mass is 260 g/mol. The number of hydrogen-bond donors (Lipinski definition) is 0. The van der Waals surface area contributed by atoms with Crippen molar-refractivity contribution in [1.82, 2.24) is 0 Å². The van der Waals surface area contributed by atoms with Crippen molar-refractivity contribution in [3.8, 4) is 0 Å². The standard InChI is InChI=1S/C15H16O4/c16-9-4-5-10(17)13-12(9)14-11(18)7-8-3-1-2-6-15(8,13)19-14/h4-5,8,12-14H,1-3,6-7H2/t8-,12-,13+,14+,15-/m1/s1. The topological polar surface area (TPSA) is 60.4 Å². The number of carbonyl (C=O) groups is 3. The minimum absolute atomic E-state index is 0.0197. The number of rotatable bonds is 0. The molecule has 19 heavy (non-hydrogen) atoms. The molecule has 5 atom stereocenters. The van der Waals surface area contributed by atoms with Gasteiger partial charge in [0.05, 0.1) is 17.4 Å². The van der Waals surface area contributed by atoms with Crippen LogP contribution in [0.2, 0.25) is 0 Å². The minimum Gasteiger partial charge on any atom is -0.362 e. The number of allylic oxidation sites excluding steroid dienone is 2. The number of Topliss-reactive ketones (excluding diaryl/α,β-unsaturated/α-hetero) is 1. The Labute approximate surface area is 111 Å². The Bertz CT molecular complexity index is 520. The molecule has 0 unspecified atom stereocenters. The molecule has 100 valence electrons. The molecule has 0 aromatic rings. The van der Waals surface area contributed by atoms with Crippen molar-refractivity contribution in [2.45, 2.75) is 43.8 Å². The van der Waals surface area contributed by atoms with E-state index in [4.69, 9.17) is 4.74 Å². The summed E-state index contributed by atoms with van der Waals surface area (Å²) in [6, 6.07) is 0. The SMILES string of the molecule is O=C1C=CC(=O)[C@H]2[C@@H]1[C@H]1O[C@@]23CCCC[C@@H]3CC1=O. The molecule has 4 nitrogen and oxygen atoms in total. The van der Waals surface area contributed by atoms with E-state index in [1.165, 1.54) is 12.2 Å². The summed E-state index contributed by atoms with van der Waals surface area (Å²) in [7, 11) is 0. The van der Waals surface area contributed by atoms with Gasteiger partial charge in [-0.15, -0.1) is 0 Å². The predicted octanol–water partition coefficient (Wildman–Crippen LogP) is 1.23. The van der Waals surface area contributed by atoms with E-state index in [2.05, 4.69) is 0 Å². The van der Waals surface area contributed by atoms with Crippen LogP contribution in [0.25, 0.3) is 0 Å². The first-order valence-electron chi connectivity index (χ1n) is 7.10. The summed E-state index contributed by atoms with van der Waals surface area (Å²) < 4.78 is 6.06. The quantitative estimate of drug-likeness (QED) is 0.657. The Balaban J connectivity index is 1.87. The van der Waals surface area contributed by atoms with Crippen LogP contribution in [0.5, 0.6) is 0 Å². The van der Waals surface area contributed by atoms with Crippen LogP contribution in [0.4, 0.5) is 0 Å². The molecule has 2 aliphatic carbocycles. The van der Waals surface area contributed by atoms with Crippen LogP contribution >= 0.6 is 0 Å². The fraction of sp³-hybridized carbons (Fsp3) is 0.667. The third-order valence-electron chi connectivity index (χ3n) is 5.43. The van der Waals surface area contributed by atoms with Crippen molar-refractivity contribution < 1.29 is 19.1 Å². The Morgan fingerprint density at radius 3 is 2.74 bits per heavy atom. The molecule has 0 amide bonds.